The minimum atomic E-state index is -0.853. The standard InChI is InChI=1S/C17H24N4O4/c1-10-4-11(2)6-17(5-10)15(23)21(16(24)20-17)9-13(22)18-8-14-19-7-12(3)25-14/h7,10-11H,4-6,8-9H2,1-3H3,(H,18,22)(H,20,24)/t10-,11+,17?. The Morgan fingerprint density at radius 2 is 2.08 bits per heavy atom. The number of carbonyl (C=O) groups excluding carboxylic acids is 3. The Morgan fingerprint density at radius 1 is 1.40 bits per heavy atom. The maximum absolute atomic E-state index is 12.8. The molecule has 1 aromatic rings. The molecule has 2 aliphatic rings. The van der Waals surface area contributed by atoms with Gasteiger partial charge in [0.15, 0.2) is 0 Å². The summed E-state index contributed by atoms with van der Waals surface area (Å²) < 4.78 is 5.27. The molecule has 8 nitrogen and oxygen atoms in total. The van der Waals surface area contributed by atoms with Gasteiger partial charge in [-0.05, 0) is 38.0 Å². The maximum Gasteiger partial charge on any atom is 0.325 e. The molecule has 1 unspecified atom stereocenters. The lowest BCUT2D eigenvalue weighted by atomic mass is 9.71. The van der Waals surface area contributed by atoms with Gasteiger partial charge >= 0.3 is 6.03 Å². The summed E-state index contributed by atoms with van der Waals surface area (Å²) in [5.41, 5.74) is -0.853. The van der Waals surface area contributed by atoms with Crippen LogP contribution in [0, 0.1) is 18.8 Å². The summed E-state index contributed by atoms with van der Waals surface area (Å²) >= 11 is 0. The number of rotatable bonds is 4. The van der Waals surface area contributed by atoms with Gasteiger partial charge in [-0.15, -0.1) is 0 Å². The molecule has 2 N–H and O–H groups in total. The zero-order valence-electron chi connectivity index (χ0n) is 14.8. The summed E-state index contributed by atoms with van der Waals surface area (Å²) in [7, 11) is 0. The third-order valence-electron chi connectivity index (χ3n) is 4.85. The molecular formula is C17H24N4O4. The van der Waals surface area contributed by atoms with E-state index in [0.29, 0.717) is 36.3 Å². The topological polar surface area (TPSA) is 105 Å². The van der Waals surface area contributed by atoms with Gasteiger partial charge in [0.05, 0.1) is 12.7 Å². The third kappa shape index (κ3) is 3.52. The van der Waals surface area contributed by atoms with E-state index in [1.165, 1.54) is 0 Å². The first-order valence-electron chi connectivity index (χ1n) is 8.61. The van der Waals surface area contributed by atoms with Crippen molar-refractivity contribution < 1.29 is 18.8 Å². The van der Waals surface area contributed by atoms with Gasteiger partial charge in [-0.1, -0.05) is 13.8 Å². The van der Waals surface area contributed by atoms with Crippen LogP contribution in [0.4, 0.5) is 4.79 Å². The molecule has 1 saturated heterocycles. The highest BCUT2D eigenvalue weighted by Gasteiger charge is 2.54. The highest BCUT2D eigenvalue weighted by Crippen LogP contribution is 2.39. The van der Waals surface area contributed by atoms with E-state index in [1.807, 2.05) is 0 Å². The Kier molecular flexibility index (Phi) is 4.53. The molecule has 1 aliphatic carbocycles. The van der Waals surface area contributed by atoms with Crippen LogP contribution in [0.1, 0.15) is 44.8 Å². The van der Waals surface area contributed by atoms with Crippen molar-refractivity contribution in [1.29, 1.82) is 0 Å². The molecule has 25 heavy (non-hydrogen) atoms. The fourth-order valence-corrected chi connectivity index (χ4v) is 4.08. The summed E-state index contributed by atoms with van der Waals surface area (Å²) in [6, 6.07) is -0.492. The van der Waals surface area contributed by atoms with Crippen LogP contribution in [-0.4, -0.2) is 39.8 Å². The van der Waals surface area contributed by atoms with Crippen molar-refractivity contribution in [3.63, 3.8) is 0 Å². The van der Waals surface area contributed by atoms with E-state index in [2.05, 4.69) is 29.5 Å². The van der Waals surface area contributed by atoms with Gasteiger partial charge in [-0.3, -0.25) is 14.5 Å². The first-order valence-corrected chi connectivity index (χ1v) is 8.61. The first-order chi connectivity index (χ1) is 11.8. The Labute approximate surface area is 146 Å². The molecule has 8 heteroatoms. The Morgan fingerprint density at radius 3 is 2.68 bits per heavy atom. The first kappa shape index (κ1) is 17.4. The third-order valence-corrected chi connectivity index (χ3v) is 4.85. The van der Waals surface area contributed by atoms with Crippen molar-refractivity contribution in [1.82, 2.24) is 20.5 Å². The summed E-state index contributed by atoms with van der Waals surface area (Å²) in [5, 5.41) is 5.46. The molecule has 1 saturated carbocycles. The van der Waals surface area contributed by atoms with E-state index < -0.39 is 17.5 Å². The van der Waals surface area contributed by atoms with E-state index >= 15 is 0 Å². The van der Waals surface area contributed by atoms with Crippen molar-refractivity contribution in [2.75, 3.05) is 6.54 Å². The van der Waals surface area contributed by atoms with Crippen molar-refractivity contribution in [3.05, 3.63) is 17.8 Å². The molecule has 1 aromatic heterocycles. The van der Waals surface area contributed by atoms with E-state index in [0.717, 1.165) is 11.3 Å². The average Bonchev–Trinajstić information content (AvgIpc) is 3.01. The SMILES string of the molecule is Cc1cnc(CNC(=O)CN2C(=O)NC3(C[C@H](C)C[C@H](C)C3)C2=O)o1. The Balaban J connectivity index is 1.61. The number of amides is 4. The van der Waals surface area contributed by atoms with Crippen LogP contribution in [0.5, 0.6) is 0 Å². The minimum Gasteiger partial charge on any atom is -0.444 e. The summed E-state index contributed by atoms with van der Waals surface area (Å²) in [5.74, 6) is 1.03. The molecule has 0 radical (unpaired) electrons. The maximum atomic E-state index is 12.8. The van der Waals surface area contributed by atoms with Gasteiger partial charge in [0.25, 0.3) is 5.91 Å². The highest BCUT2D eigenvalue weighted by molar-refractivity contribution is 6.09. The smallest absolute Gasteiger partial charge is 0.325 e. The van der Waals surface area contributed by atoms with Gasteiger partial charge in [0, 0.05) is 0 Å². The van der Waals surface area contributed by atoms with E-state index in [1.54, 1.807) is 13.1 Å². The van der Waals surface area contributed by atoms with E-state index in [9.17, 15) is 14.4 Å². The number of imide groups is 1. The number of aromatic nitrogens is 1. The number of nitrogens with one attached hydrogen (secondary N) is 2. The summed E-state index contributed by atoms with van der Waals surface area (Å²) in [6.45, 7) is 5.76. The van der Waals surface area contributed by atoms with Gasteiger partial charge < -0.3 is 15.1 Å². The predicted molar refractivity (Wildman–Crippen MR) is 88.2 cm³/mol. The number of hydrogen-bond donors (Lipinski definition) is 2. The van der Waals surface area contributed by atoms with E-state index in [-0.39, 0.29) is 19.0 Å². The quantitative estimate of drug-likeness (QED) is 0.799. The van der Waals surface area contributed by atoms with Crippen LogP contribution < -0.4 is 10.6 Å². The number of hydrogen-bond acceptors (Lipinski definition) is 5. The Bertz CT molecular complexity index is 689. The van der Waals surface area contributed by atoms with Crippen LogP contribution in [0.15, 0.2) is 10.6 Å². The second-order valence-corrected chi connectivity index (χ2v) is 7.40. The van der Waals surface area contributed by atoms with Crippen molar-refractivity contribution >= 4 is 17.8 Å². The van der Waals surface area contributed by atoms with Crippen molar-refractivity contribution in [3.8, 4) is 0 Å². The lowest BCUT2D eigenvalue weighted by molar-refractivity contribution is -0.136. The van der Waals surface area contributed by atoms with Crippen LogP contribution in [0.25, 0.3) is 0 Å². The Hall–Kier alpha value is -2.38. The molecule has 1 aliphatic heterocycles. The van der Waals surface area contributed by atoms with Crippen LogP contribution >= 0.6 is 0 Å². The molecule has 4 amide bonds. The highest BCUT2D eigenvalue weighted by atomic mass is 16.4. The predicted octanol–water partition coefficient (Wildman–Crippen LogP) is 1.35. The average molecular weight is 348 g/mol. The zero-order chi connectivity index (χ0) is 18.2. The molecule has 0 aromatic carbocycles. The van der Waals surface area contributed by atoms with Gasteiger partial charge in [-0.25, -0.2) is 9.78 Å². The number of urea groups is 1. The van der Waals surface area contributed by atoms with Crippen LogP contribution in [0.3, 0.4) is 0 Å². The van der Waals surface area contributed by atoms with Gasteiger partial charge in [0.2, 0.25) is 11.8 Å². The van der Waals surface area contributed by atoms with Crippen LogP contribution in [-0.2, 0) is 16.1 Å². The lowest BCUT2D eigenvalue weighted by Gasteiger charge is -2.37. The molecule has 3 atom stereocenters. The summed E-state index contributed by atoms with van der Waals surface area (Å²) in [4.78, 5) is 42.2. The number of nitrogens with zero attached hydrogens (tertiary/aromatic N) is 2. The van der Waals surface area contributed by atoms with Gasteiger partial charge in [0.1, 0.15) is 17.8 Å². The lowest BCUT2D eigenvalue weighted by Crippen LogP contribution is -2.52. The molecule has 3 rings (SSSR count). The zero-order valence-corrected chi connectivity index (χ0v) is 14.8. The second kappa shape index (κ2) is 6.50. The van der Waals surface area contributed by atoms with Crippen molar-refractivity contribution in [2.24, 2.45) is 11.8 Å². The largest absolute Gasteiger partial charge is 0.444 e. The van der Waals surface area contributed by atoms with Gasteiger partial charge in [-0.2, -0.15) is 0 Å². The second-order valence-electron chi connectivity index (χ2n) is 7.40. The number of aryl methyl sites for hydroxylation is 1. The molecular weight excluding hydrogens is 324 g/mol. The molecule has 2 heterocycles. The fourth-order valence-electron chi connectivity index (χ4n) is 4.08. The number of carbonyl (C=O) groups is 3. The molecule has 0 bridgehead atoms. The van der Waals surface area contributed by atoms with Crippen molar-refractivity contribution in [2.45, 2.75) is 52.1 Å². The van der Waals surface area contributed by atoms with Crippen LogP contribution in [0.2, 0.25) is 0 Å². The van der Waals surface area contributed by atoms with E-state index in [4.69, 9.17) is 4.42 Å². The molecule has 136 valence electrons. The molecule has 1 spiro atoms. The fraction of sp³-hybridized carbons (Fsp3) is 0.647. The molecule has 2 fully saturated rings. The monoisotopic (exact) mass is 348 g/mol. The normalized spacial score (nSPS) is 29.2. The number of oxazole rings is 1. The summed E-state index contributed by atoms with van der Waals surface area (Å²) in [6.07, 6.45) is 3.85. The minimum absolute atomic E-state index is 0.121.